The van der Waals surface area contributed by atoms with Crippen LogP contribution in [0.3, 0.4) is 0 Å². The molecule has 0 aliphatic rings. The van der Waals surface area contributed by atoms with Gasteiger partial charge in [-0.05, 0) is 124 Å². The van der Waals surface area contributed by atoms with Crippen LogP contribution in [0.2, 0.25) is 0 Å². The highest BCUT2D eigenvalue weighted by Gasteiger charge is 2.38. The fraction of sp³-hybridized carbons (Fsp3) is 0.217. The first-order valence-corrected chi connectivity index (χ1v) is 17.2. The molecule has 0 saturated carbocycles. The van der Waals surface area contributed by atoms with E-state index in [4.69, 9.17) is 0 Å². The van der Waals surface area contributed by atoms with Crippen molar-refractivity contribution in [2.24, 2.45) is 0 Å². The van der Waals surface area contributed by atoms with Crippen molar-refractivity contribution >= 4 is 0 Å². The molecule has 0 heterocycles. The van der Waals surface area contributed by atoms with E-state index in [1.54, 1.807) is 38.1 Å². The molecule has 6 aromatic carbocycles. The van der Waals surface area contributed by atoms with Crippen molar-refractivity contribution in [1.82, 2.24) is 0 Å². The number of aryl methyl sites for hydroxylation is 8. The van der Waals surface area contributed by atoms with Gasteiger partial charge in [0, 0.05) is 11.1 Å². The van der Waals surface area contributed by atoms with Crippen molar-refractivity contribution in [1.29, 1.82) is 0 Å². The van der Waals surface area contributed by atoms with Crippen LogP contribution in [0.4, 0.5) is 35.1 Å². The zero-order chi connectivity index (χ0) is 40.1. The molecule has 0 saturated heterocycles. The summed E-state index contributed by atoms with van der Waals surface area (Å²) < 4.78 is 106. The largest absolute Gasteiger partial charge is 0.417 e. The second kappa shape index (κ2) is 16.8. The van der Waals surface area contributed by atoms with Crippen LogP contribution in [-0.2, 0) is 12.4 Å². The van der Waals surface area contributed by atoms with Crippen molar-refractivity contribution in [3.8, 4) is 33.4 Å². The molecule has 282 valence electrons. The van der Waals surface area contributed by atoms with Crippen LogP contribution >= 0.6 is 0 Å². The van der Waals surface area contributed by atoms with E-state index >= 15 is 0 Å². The van der Waals surface area contributed by atoms with E-state index in [1.165, 1.54) is 71.5 Å². The average Bonchev–Trinajstić information content (AvgIpc) is 3.06. The van der Waals surface area contributed by atoms with E-state index in [1.807, 2.05) is 0 Å². The third-order valence-corrected chi connectivity index (χ3v) is 8.84. The van der Waals surface area contributed by atoms with Gasteiger partial charge >= 0.3 is 12.4 Å². The van der Waals surface area contributed by atoms with Gasteiger partial charge in [-0.3, -0.25) is 0 Å². The molecule has 0 nitrogen and oxygen atoms in total. The maximum atomic E-state index is 13.7. The van der Waals surface area contributed by atoms with Gasteiger partial charge in [-0.25, -0.2) is 8.78 Å². The second-order valence-electron chi connectivity index (χ2n) is 13.7. The average molecular weight is 747 g/mol. The topological polar surface area (TPSA) is 0 Å². The van der Waals surface area contributed by atoms with Gasteiger partial charge in [0.1, 0.15) is 11.6 Å². The number of hydrogen-bond donors (Lipinski definition) is 0. The molecule has 0 aliphatic carbocycles. The monoisotopic (exact) mass is 746 g/mol. The first kappa shape index (κ1) is 41.5. The first-order chi connectivity index (χ1) is 25.1. The molecule has 0 N–H and O–H groups in total. The van der Waals surface area contributed by atoms with Gasteiger partial charge in [-0.15, -0.1) is 0 Å². The normalized spacial score (nSPS) is 11.3. The molecule has 0 atom stereocenters. The maximum Gasteiger partial charge on any atom is 0.417 e. The van der Waals surface area contributed by atoms with Gasteiger partial charge in [-0.2, -0.15) is 26.3 Å². The molecule has 8 heteroatoms. The number of rotatable bonds is 3. The number of benzene rings is 6. The third-order valence-electron chi connectivity index (χ3n) is 8.84. The molecule has 6 rings (SSSR count). The maximum absolute atomic E-state index is 13.7. The van der Waals surface area contributed by atoms with Crippen molar-refractivity contribution < 1.29 is 35.1 Å². The highest BCUT2D eigenvalue weighted by atomic mass is 19.4. The number of halogens is 8. The Balaban J connectivity index is 0.000000184. The standard InChI is InChI=1S/C16H12F6.C16H18.C14H12F2/c1-9-3-5-11(13(7-9)15(17,18)19)12-6-4-10(2)8-14(12)16(20,21)22;1-11-5-7-15(13(3)9-11)16-8-6-12(2)10-14(16)4;1-9-3-5-11(13(15)7-9)12-6-4-10(2)8-14(12)16/h3-8H,1-2H3;5-10H,1-4H3;3-8H,1-2H3. The van der Waals surface area contributed by atoms with E-state index in [0.29, 0.717) is 22.3 Å². The molecule has 0 unspecified atom stereocenters. The van der Waals surface area contributed by atoms with Crippen molar-refractivity contribution in [3.05, 3.63) is 176 Å². The Morgan fingerprint density at radius 3 is 0.796 bits per heavy atom. The second-order valence-corrected chi connectivity index (χ2v) is 13.7. The Morgan fingerprint density at radius 2 is 0.537 bits per heavy atom. The minimum Gasteiger partial charge on any atom is -0.206 e. The summed E-state index contributed by atoms with van der Waals surface area (Å²) in [6, 6.07) is 29.5. The molecule has 0 fully saturated rings. The Morgan fingerprint density at radius 1 is 0.296 bits per heavy atom. The summed E-state index contributed by atoms with van der Waals surface area (Å²) in [5.74, 6) is -0.773. The summed E-state index contributed by atoms with van der Waals surface area (Å²) in [4.78, 5) is 0. The smallest absolute Gasteiger partial charge is 0.206 e. The lowest BCUT2D eigenvalue weighted by atomic mass is 9.92. The Kier molecular flexibility index (Phi) is 12.9. The van der Waals surface area contributed by atoms with Crippen LogP contribution in [0.5, 0.6) is 0 Å². The molecule has 6 aromatic rings. The quantitative estimate of drug-likeness (QED) is 0.158. The minimum absolute atomic E-state index is 0.308. The van der Waals surface area contributed by atoms with Crippen LogP contribution < -0.4 is 0 Å². The predicted octanol–water partition coefficient (Wildman–Crippen LogP) is 14.8. The van der Waals surface area contributed by atoms with E-state index in [0.717, 1.165) is 35.4 Å². The molecule has 0 amide bonds. The van der Waals surface area contributed by atoms with Gasteiger partial charge in [0.15, 0.2) is 0 Å². The molecule has 0 bridgehead atoms. The van der Waals surface area contributed by atoms with Crippen LogP contribution in [0, 0.1) is 67.0 Å². The summed E-state index contributed by atoms with van der Waals surface area (Å²) in [7, 11) is 0. The third kappa shape index (κ3) is 10.5. The fourth-order valence-corrected chi connectivity index (χ4v) is 6.16. The highest BCUT2D eigenvalue weighted by Crippen LogP contribution is 2.43. The lowest BCUT2D eigenvalue weighted by Crippen LogP contribution is -2.11. The predicted molar refractivity (Wildman–Crippen MR) is 203 cm³/mol. The van der Waals surface area contributed by atoms with Crippen LogP contribution in [0.15, 0.2) is 109 Å². The summed E-state index contributed by atoms with van der Waals surface area (Å²) in [5.41, 5.74) is 7.92. The minimum atomic E-state index is -4.73. The first-order valence-electron chi connectivity index (χ1n) is 17.2. The van der Waals surface area contributed by atoms with Gasteiger partial charge in [0.05, 0.1) is 11.1 Å². The summed E-state index contributed by atoms with van der Waals surface area (Å²) >= 11 is 0. The molecule has 0 aliphatic heterocycles. The highest BCUT2D eigenvalue weighted by molar-refractivity contribution is 5.73. The molecule has 0 spiro atoms. The zero-order valence-electron chi connectivity index (χ0n) is 31.4. The zero-order valence-corrected chi connectivity index (χ0v) is 31.4. The van der Waals surface area contributed by atoms with Gasteiger partial charge < -0.3 is 0 Å². The summed E-state index contributed by atoms with van der Waals surface area (Å²) in [6.07, 6.45) is -9.45. The summed E-state index contributed by atoms with van der Waals surface area (Å²) in [6.45, 7) is 15.2. The molecule has 54 heavy (non-hydrogen) atoms. The van der Waals surface area contributed by atoms with Crippen LogP contribution in [0.25, 0.3) is 33.4 Å². The van der Waals surface area contributed by atoms with E-state index < -0.39 is 34.6 Å². The van der Waals surface area contributed by atoms with Gasteiger partial charge in [0.2, 0.25) is 0 Å². The Hall–Kier alpha value is -5.24. The number of hydrogen-bond acceptors (Lipinski definition) is 0. The van der Waals surface area contributed by atoms with Gasteiger partial charge in [0.25, 0.3) is 0 Å². The molecular formula is C46H42F8. The van der Waals surface area contributed by atoms with Crippen molar-refractivity contribution in [2.75, 3.05) is 0 Å². The Labute approximate surface area is 312 Å². The van der Waals surface area contributed by atoms with Gasteiger partial charge in [-0.1, -0.05) is 107 Å². The Bertz CT molecular complexity index is 2000. The lowest BCUT2D eigenvalue weighted by Gasteiger charge is -2.18. The SMILES string of the molecule is Cc1ccc(-c2ccc(C)cc2C(F)(F)F)c(C(F)(F)F)c1.Cc1ccc(-c2ccc(C)cc2C)c(C)c1.Cc1ccc(-c2ccc(C)cc2F)c(F)c1. The van der Waals surface area contributed by atoms with Crippen molar-refractivity contribution in [2.45, 2.75) is 67.7 Å². The van der Waals surface area contributed by atoms with Crippen molar-refractivity contribution in [3.63, 3.8) is 0 Å². The van der Waals surface area contributed by atoms with Crippen LogP contribution in [-0.4, -0.2) is 0 Å². The van der Waals surface area contributed by atoms with E-state index in [9.17, 15) is 35.1 Å². The number of alkyl halides is 6. The molecular weight excluding hydrogens is 704 g/mol. The van der Waals surface area contributed by atoms with Crippen LogP contribution in [0.1, 0.15) is 55.6 Å². The van der Waals surface area contributed by atoms with E-state index in [2.05, 4.69) is 64.1 Å². The molecule has 0 radical (unpaired) electrons. The fourth-order valence-electron chi connectivity index (χ4n) is 6.16. The summed E-state index contributed by atoms with van der Waals surface area (Å²) in [5, 5.41) is 0. The lowest BCUT2D eigenvalue weighted by molar-refractivity contribution is -0.139. The van der Waals surface area contributed by atoms with E-state index in [-0.39, 0.29) is 11.6 Å². The molecule has 0 aromatic heterocycles.